The molecule has 3 aromatic rings. The molecule has 1 N–H and O–H groups in total. The Balaban J connectivity index is 2.24. The average Bonchev–Trinajstić information content (AvgIpc) is 2.81. The van der Waals surface area contributed by atoms with Crippen molar-refractivity contribution < 1.29 is 4.79 Å². The number of rotatable bonds is 2. The molecular formula is C16H13NO. The molecular weight excluding hydrogens is 222 g/mol. The van der Waals surface area contributed by atoms with E-state index in [0.29, 0.717) is 5.56 Å². The Morgan fingerprint density at radius 1 is 1.11 bits per heavy atom. The lowest BCUT2D eigenvalue weighted by molar-refractivity contribution is 0.112. The summed E-state index contributed by atoms with van der Waals surface area (Å²) >= 11 is 0. The summed E-state index contributed by atoms with van der Waals surface area (Å²) in [6.07, 6.45) is 2.64. The molecule has 2 heteroatoms. The van der Waals surface area contributed by atoms with Crippen molar-refractivity contribution in [3.05, 3.63) is 59.8 Å². The minimum absolute atomic E-state index is 0.709. The average molecular weight is 235 g/mol. The number of aldehydes is 1. The van der Waals surface area contributed by atoms with Gasteiger partial charge < -0.3 is 4.98 Å². The first-order valence-electron chi connectivity index (χ1n) is 5.92. The number of carbonyl (C=O) groups is 1. The van der Waals surface area contributed by atoms with Crippen LogP contribution in [-0.4, -0.2) is 11.3 Å². The van der Waals surface area contributed by atoms with Crippen LogP contribution in [0, 0.1) is 6.92 Å². The van der Waals surface area contributed by atoms with Crippen molar-refractivity contribution >= 4 is 17.2 Å². The van der Waals surface area contributed by atoms with Crippen LogP contribution in [0.5, 0.6) is 0 Å². The second-order valence-electron chi connectivity index (χ2n) is 4.44. The van der Waals surface area contributed by atoms with E-state index in [-0.39, 0.29) is 0 Å². The fourth-order valence-corrected chi connectivity index (χ4v) is 2.30. The van der Waals surface area contributed by atoms with Gasteiger partial charge in [-0.15, -0.1) is 0 Å². The topological polar surface area (TPSA) is 32.9 Å². The number of H-pyrrole nitrogens is 1. The predicted molar refractivity (Wildman–Crippen MR) is 73.9 cm³/mol. The van der Waals surface area contributed by atoms with Gasteiger partial charge >= 0.3 is 0 Å². The lowest BCUT2D eigenvalue weighted by Crippen LogP contribution is -1.83. The van der Waals surface area contributed by atoms with E-state index in [2.05, 4.69) is 36.2 Å². The number of carbonyl (C=O) groups excluding carboxylic acids is 1. The van der Waals surface area contributed by atoms with Crippen molar-refractivity contribution in [2.24, 2.45) is 0 Å². The van der Waals surface area contributed by atoms with Gasteiger partial charge in [-0.25, -0.2) is 0 Å². The minimum Gasteiger partial charge on any atom is -0.360 e. The van der Waals surface area contributed by atoms with E-state index in [1.807, 2.05) is 18.2 Å². The summed E-state index contributed by atoms with van der Waals surface area (Å²) in [6.45, 7) is 2.09. The van der Waals surface area contributed by atoms with Crippen LogP contribution in [0.1, 0.15) is 15.9 Å². The zero-order chi connectivity index (χ0) is 12.5. The molecule has 3 rings (SSSR count). The Labute approximate surface area is 105 Å². The SMILES string of the molecule is Cc1ccccc1-c1ccc2[nH]cc(C=O)c2c1. The Morgan fingerprint density at radius 2 is 1.94 bits per heavy atom. The number of aromatic amines is 1. The lowest BCUT2D eigenvalue weighted by Gasteiger charge is -2.06. The summed E-state index contributed by atoms with van der Waals surface area (Å²) < 4.78 is 0. The van der Waals surface area contributed by atoms with E-state index in [1.54, 1.807) is 6.20 Å². The molecule has 0 aliphatic carbocycles. The monoisotopic (exact) mass is 235 g/mol. The maximum absolute atomic E-state index is 11.0. The fourth-order valence-electron chi connectivity index (χ4n) is 2.30. The molecule has 88 valence electrons. The molecule has 2 nitrogen and oxygen atoms in total. The van der Waals surface area contributed by atoms with E-state index in [0.717, 1.165) is 22.8 Å². The van der Waals surface area contributed by atoms with Gasteiger partial charge in [-0.1, -0.05) is 30.3 Å². The first-order valence-corrected chi connectivity index (χ1v) is 5.92. The van der Waals surface area contributed by atoms with Crippen molar-refractivity contribution in [3.8, 4) is 11.1 Å². The summed E-state index contributed by atoms with van der Waals surface area (Å²) in [6, 6.07) is 14.4. The van der Waals surface area contributed by atoms with Gasteiger partial charge in [0.2, 0.25) is 0 Å². The van der Waals surface area contributed by atoms with Crippen molar-refractivity contribution in [1.82, 2.24) is 4.98 Å². The van der Waals surface area contributed by atoms with Crippen LogP contribution in [-0.2, 0) is 0 Å². The number of aryl methyl sites for hydroxylation is 1. The van der Waals surface area contributed by atoms with Crippen LogP contribution < -0.4 is 0 Å². The molecule has 18 heavy (non-hydrogen) atoms. The molecule has 0 amide bonds. The third-order valence-electron chi connectivity index (χ3n) is 3.30. The van der Waals surface area contributed by atoms with Crippen LogP contribution in [0.25, 0.3) is 22.0 Å². The summed E-state index contributed by atoms with van der Waals surface area (Å²) in [7, 11) is 0. The van der Waals surface area contributed by atoms with Crippen LogP contribution >= 0.6 is 0 Å². The summed E-state index contributed by atoms with van der Waals surface area (Å²) in [4.78, 5) is 14.1. The quantitative estimate of drug-likeness (QED) is 0.670. The van der Waals surface area contributed by atoms with Gasteiger partial charge in [0.15, 0.2) is 6.29 Å². The van der Waals surface area contributed by atoms with Gasteiger partial charge in [0.25, 0.3) is 0 Å². The summed E-state index contributed by atoms with van der Waals surface area (Å²) in [5.41, 5.74) is 5.29. The molecule has 0 fully saturated rings. The molecule has 0 radical (unpaired) electrons. The Hall–Kier alpha value is -2.35. The fraction of sp³-hybridized carbons (Fsp3) is 0.0625. The summed E-state index contributed by atoms with van der Waals surface area (Å²) in [5, 5.41) is 0.978. The van der Waals surface area contributed by atoms with Gasteiger partial charge in [0, 0.05) is 22.7 Å². The van der Waals surface area contributed by atoms with Gasteiger partial charge in [-0.3, -0.25) is 4.79 Å². The molecule has 0 aliphatic rings. The van der Waals surface area contributed by atoms with Gasteiger partial charge in [0.1, 0.15) is 0 Å². The zero-order valence-electron chi connectivity index (χ0n) is 10.1. The molecule has 0 unspecified atom stereocenters. The van der Waals surface area contributed by atoms with Crippen LogP contribution in [0.3, 0.4) is 0 Å². The number of hydrogen-bond acceptors (Lipinski definition) is 1. The highest BCUT2D eigenvalue weighted by Gasteiger charge is 2.06. The number of nitrogens with one attached hydrogen (secondary N) is 1. The Kier molecular flexibility index (Phi) is 2.49. The van der Waals surface area contributed by atoms with E-state index < -0.39 is 0 Å². The van der Waals surface area contributed by atoms with Crippen molar-refractivity contribution in [2.75, 3.05) is 0 Å². The molecule has 1 heterocycles. The largest absolute Gasteiger partial charge is 0.360 e. The van der Waals surface area contributed by atoms with Crippen molar-refractivity contribution in [1.29, 1.82) is 0 Å². The molecule has 0 atom stereocenters. The number of fused-ring (bicyclic) bond motifs is 1. The number of aromatic nitrogens is 1. The van der Waals surface area contributed by atoms with Crippen molar-refractivity contribution in [2.45, 2.75) is 6.92 Å². The highest BCUT2D eigenvalue weighted by molar-refractivity contribution is 5.99. The first kappa shape index (κ1) is 10.8. The minimum atomic E-state index is 0.709. The van der Waals surface area contributed by atoms with E-state index in [9.17, 15) is 4.79 Å². The lowest BCUT2D eigenvalue weighted by atomic mass is 9.99. The molecule has 0 spiro atoms. The van der Waals surface area contributed by atoms with Crippen LogP contribution in [0.15, 0.2) is 48.7 Å². The number of benzene rings is 2. The molecule has 0 bridgehead atoms. The predicted octanol–water partition coefficient (Wildman–Crippen LogP) is 3.96. The standard InChI is InChI=1S/C16H13NO/c1-11-4-2-3-5-14(11)12-6-7-16-15(8-12)13(10-18)9-17-16/h2-10,17H,1H3. The third kappa shape index (κ3) is 1.63. The van der Waals surface area contributed by atoms with Crippen LogP contribution in [0.4, 0.5) is 0 Å². The highest BCUT2D eigenvalue weighted by Crippen LogP contribution is 2.27. The molecule has 2 aromatic carbocycles. The second-order valence-corrected chi connectivity index (χ2v) is 4.44. The molecule has 0 saturated carbocycles. The maximum atomic E-state index is 11.0. The van der Waals surface area contributed by atoms with Crippen molar-refractivity contribution in [3.63, 3.8) is 0 Å². The normalized spacial score (nSPS) is 10.7. The highest BCUT2D eigenvalue weighted by atomic mass is 16.1. The van der Waals surface area contributed by atoms with Gasteiger partial charge in [-0.2, -0.15) is 0 Å². The zero-order valence-corrected chi connectivity index (χ0v) is 10.1. The number of hydrogen-bond donors (Lipinski definition) is 1. The smallest absolute Gasteiger partial charge is 0.152 e. The second kappa shape index (κ2) is 4.15. The Bertz CT molecular complexity index is 725. The van der Waals surface area contributed by atoms with E-state index >= 15 is 0 Å². The summed E-state index contributed by atoms with van der Waals surface area (Å²) in [5.74, 6) is 0. The first-order chi connectivity index (χ1) is 8.79. The maximum Gasteiger partial charge on any atom is 0.152 e. The molecule has 1 aromatic heterocycles. The van der Waals surface area contributed by atoms with E-state index in [1.165, 1.54) is 11.1 Å². The molecule has 0 aliphatic heterocycles. The Morgan fingerprint density at radius 3 is 2.72 bits per heavy atom. The third-order valence-corrected chi connectivity index (χ3v) is 3.30. The van der Waals surface area contributed by atoms with Crippen LogP contribution in [0.2, 0.25) is 0 Å². The molecule has 0 saturated heterocycles. The van der Waals surface area contributed by atoms with Gasteiger partial charge in [-0.05, 0) is 35.7 Å². The van der Waals surface area contributed by atoms with E-state index in [4.69, 9.17) is 0 Å². The van der Waals surface area contributed by atoms with Gasteiger partial charge in [0.05, 0.1) is 0 Å².